The fourth-order valence-corrected chi connectivity index (χ4v) is 2.17. The van der Waals surface area contributed by atoms with Crippen molar-refractivity contribution in [2.24, 2.45) is 0 Å². The van der Waals surface area contributed by atoms with Crippen LogP contribution in [-0.4, -0.2) is 15.0 Å². The second-order valence-electron chi connectivity index (χ2n) is 3.64. The SMILES string of the molecule is Brc1ncncc1-c1ccc2cccnc2c1. The van der Waals surface area contributed by atoms with Crippen LogP contribution in [0.1, 0.15) is 0 Å². The summed E-state index contributed by atoms with van der Waals surface area (Å²) in [6.45, 7) is 0. The molecule has 0 unspecified atom stereocenters. The number of pyridine rings is 1. The Kier molecular flexibility index (Phi) is 2.57. The van der Waals surface area contributed by atoms with Gasteiger partial charge in [-0.1, -0.05) is 18.2 Å². The number of aromatic nitrogens is 3. The predicted molar refractivity (Wildman–Crippen MR) is 70.5 cm³/mol. The van der Waals surface area contributed by atoms with Crippen molar-refractivity contribution in [2.75, 3.05) is 0 Å². The summed E-state index contributed by atoms with van der Waals surface area (Å²) in [6.07, 6.45) is 5.11. The van der Waals surface area contributed by atoms with E-state index in [1.54, 1.807) is 12.4 Å². The largest absolute Gasteiger partial charge is 0.256 e. The minimum absolute atomic E-state index is 0.794. The van der Waals surface area contributed by atoms with Crippen LogP contribution in [0.2, 0.25) is 0 Å². The number of nitrogens with zero attached hydrogens (tertiary/aromatic N) is 3. The summed E-state index contributed by atoms with van der Waals surface area (Å²) in [6, 6.07) is 10.1. The Bertz CT molecular complexity index is 682. The van der Waals surface area contributed by atoms with Gasteiger partial charge in [0.05, 0.1) is 5.52 Å². The van der Waals surface area contributed by atoms with Crippen molar-refractivity contribution in [1.82, 2.24) is 15.0 Å². The molecule has 0 bridgehead atoms. The molecule has 82 valence electrons. The normalized spacial score (nSPS) is 10.6. The van der Waals surface area contributed by atoms with Crippen molar-refractivity contribution in [1.29, 1.82) is 0 Å². The van der Waals surface area contributed by atoms with Gasteiger partial charge >= 0.3 is 0 Å². The number of rotatable bonds is 1. The molecule has 0 aliphatic heterocycles. The second kappa shape index (κ2) is 4.22. The summed E-state index contributed by atoms with van der Waals surface area (Å²) in [7, 11) is 0. The molecule has 0 saturated carbocycles. The predicted octanol–water partition coefficient (Wildman–Crippen LogP) is 3.45. The first-order chi connectivity index (χ1) is 8.34. The molecule has 0 N–H and O–H groups in total. The minimum Gasteiger partial charge on any atom is -0.256 e. The van der Waals surface area contributed by atoms with E-state index in [1.165, 1.54) is 6.33 Å². The third-order valence-electron chi connectivity index (χ3n) is 2.58. The molecular formula is C13H8BrN3. The monoisotopic (exact) mass is 285 g/mol. The molecule has 0 spiro atoms. The van der Waals surface area contributed by atoms with Crippen LogP contribution in [0.3, 0.4) is 0 Å². The van der Waals surface area contributed by atoms with E-state index in [0.29, 0.717) is 0 Å². The third-order valence-corrected chi connectivity index (χ3v) is 3.21. The molecular weight excluding hydrogens is 278 g/mol. The fraction of sp³-hybridized carbons (Fsp3) is 0. The molecule has 2 aromatic heterocycles. The number of hydrogen-bond acceptors (Lipinski definition) is 3. The molecule has 3 aromatic rings. The van der Waals surface area contributed by atoms with Gasteiger partial charge in [0, 0.05) is 23.3 Å². The summed E-state index contributed by atoms with van der Waals surface area (Å²) in [5.74, 6) is 0. The smallest absolute Gasteiger partial charge is 0.117 e. The van der Waals surface area contributed by atoms with Crippen LogP contribution in [0.15, 0.2) is 53.7 Å². The highest BCUT2D eigenvalue weighted by Gasteiger charge is 2.05. The van der Waals surface area contributed by atoms with E-state index in [2.05, 4.69) is 36.9 Å². The van der Waals surface area contributed by atoms with Crippen molar-refractivity contribution in [2.45, 2.75) is 0 Å². The van der Waals surface area contributed by atoms with Crippen LogP contribution in [0.5, 0.6) is 0 Å². The molecule has 0 saturated heterocycles. The maximum absolute atomic E-state index is 4.34. The average Bonchev–Trinajstić information content (AvgIpc) is 2.39. The Morgan fingerprint density at radius 3 is 2.88 bits per heavy atom. The molecule has 3 nitrogen and oxygen atoms in total. The number of halogens is 1. The van der Waals surface area contributed by atoms with Crippen LogP contribution >= 0.6 is 15.9 Å². The van der Waals surface area contributed by atoms with E-state index in [1.807, 2.05) is 24.3 Å². The van der Waals surface area contributed by atoms with Crippen LogP contribution in [-0.2, 0) is 0 Å². The average molecular weight is 286 g/mol. The number of benzene rings is 1. The highest BCUT2D eigenvalue weighted by atomic mass is 79.9. The first kappa shape index (κ1) is 10.4. The molecule has 2 heterocycles. The lowest BCUT2D eigenvalue weighted by Gasteiger charge is -2.04. The fourth-order valence-electron chi connectivity index (χ4n) is 1.74. The zero-order valence-corrected chi connectivity index (χ0v) is 10.4. The van der Waals surface area contributed by atoms with Crippen molar-refractivity contribution in [3.8, 4) is 11.1 Å². The Morgan fingerprint density at radius 1 is 1.06 bits per heavy atom. The highest BCUT2D eigenvalue weighted by molar-refractivity contribution is 9.10. The van der Waals surface area contributed by atoms with Crippen molar-refractivity contribution < 1.29 is 0 Å². The van der Waals surface area contributed by atoms with Gasteiger partial charge in [-0.25, -0.2) is 9.97 Å². The topological polar surface area (TPSA) is 38.7 Å². The minimum atomic E-state index is 0.794. The first-order valence-electron chi connectivity index (χ1n) is 5.15. The van der Waals surface area contributed by atoms with Crippen molar-refractivity contribution in [3.63, 3.8) is 0 Å². The van der Waals surface area contributed by atoms with Gasteiger partial charge < -0.3 is 0 Å². The zero-order valence-electron chi connectivity index (χ0n) is 8.84. The summed E-state index contributed by atoms with van der Waals surface area (Å²) < 4.78 is 0.794. The Labute approximate surface area is 107 Å². The van der Waals surface area contributed by atoms with E-state index in [4.69, 9.17) is 0 Å². The number of fused-ring (bicyclic) bond motifs is 1. The quantitative estimate of drug-likeness (QED) is 0.643. The third kappa shape index (κ3) is 1.91. The summed E-state index contributed by atoms with van der Waals surface area (Å²) >= 11 is 3.43. The van der Waals surface area contributed by atoms with Crippen LogP contribution in [0.4, 0.5) is 0 Å². The van der Waals surface area contributed by atoms with Gasteiger partial charge in [-0.15, -0.1) is 0 Å². The number of hydrogen-bond donors (Lipinski definition) is 0. The van der Waals surface area contributed by atoms with E-state index in [0.717, 1.165) is 26.6 Å². The van der Waals surface area contributed by atoms with Gasteiger partial charge in [-0.05, 0) is 33.6 Å². The maximum Gasteiger partial charge on any atom is 0.117 e. The van der Waals surface area contributed by atoms with E-state index in [-0.39, 0.29) is 0 Å². The molecule has 0 aliphatic carbocycles. The Balaban J connectivity index is 2.22. The lowest BCUT2D eigenvalue weighted by Crippen LogP contribution is -1.86. The second-order valence-corrected chi connectivity index (χ2v) is 4.39. The van der Waals surface area contributed by atoms with Crippen LogP contribution in [0.25, 0.3) is 22.0 Å². The molecule has 0 atom stereocenters. The van der Waals surface area contributed by atoms with Crippen LogP contribution < -0.4 is 0 Å². The van der Waals surface area contributed by atoms with Crippen molar-refractivity contribution >= 4 is 26.8 Å². The summed E-state index contributed by atoms with van der Waals surface area (Å²) in [4.78, 5) is 12.5. The van der Waals surface area contributed by atoms with Gasteiger partial charge in [0.25, 0.3) is 0 Å². The molecule has 0 radical (unpaired) electrons. The van der Waals surface area contributed by atoms with Gasteiger partial charge in [0.1, 0.15) is 10.9 Å². The standard InChI is InChI=1S/C13H8BrN3/c14-13-11(7-15-8-17-13)10-4-3-9-2-1-5-16-12(9)6-10/h1-8H. The lowest BCUT2D eigenvalue weighted by atomic mass is 10.1. The van der Waals surface area contributed by atoms with Gasteiger partial charge in [0.2, 0.25) is 0 Å². The van der Waals surface area contributed by atoms with Gasteiger partial charge in [-0.2, -0.15) is 0 Å². The van der Waals surface area contributed by atoms with Crippen molar-refractivity contribution in [3.05, 3.63) is 53.7 Å². The van der Waals surface area contributed by atoms with E-state index in [9.17, 15) is 0 Å². The maximum atomic E-state index is 4.34. The zero-order chi connectivity index (χ0) is 11.7. The van der Waals surface area contributed by atoms with Gasteiger partial charge in [-0.3, -0.25) is 4.98 Å². The summed E-state index contributed by atoms with van der Waals surface area (Å²) in [5.41, 5.74) is 3.00. The van der Waals surface area contributed by atoms with Crippen LogP contribution in [0, 0.1) is 0 Å². The summed E-state index contributed by atoms with van der Waals surface area (Å²) in [5, 5.41) is 1.13. The molecule has 0 aliphatic rings. The molecule has 4 heteroatoms. The van der Waals surface area contributed by atoms with E-state index < -0.39 is 0 Å². The van der Waals surface area contributed by atoms with Gasteiger partial charge in [0.15, 0.2) is 0 Å². The highest BCUT2D eigenvalue weighted by Crippen LogP contribution is 2.27. The molecule has 3 rings (SSSR count). The Hall–Kier alpha value is -1.81. The molecule has 1 aromatic carbocycles. The van der Waals surface area contributed by atoms with E-state index >= 15 is 0 Å². The lowest BCUT2D eigenvalue weighted by molar-refractivity contribution is 1.14. The molecule has 0 fully saturated rings. The molecule has 0 amide bonds. The first-order valence-corrected chi connectivity index (χ1v) is 5.94. The Morgan fingerprint density at radius 2 is 2.00 bits per heavy atom. The molecule has 17 heavy (non-hydrogen) atoms.